The molecule has 1 aromatic carbocycles. The van der Waals surface area contributed by atoms with Crippen molar-refractivity contribution in [3.05, 3.63) is 41.0 Å². The SMILES string of the molecule is COc1nc(NCCCN2CCN(C)CC2)nc(OC)c1N(C(C)=O)c1ccc(Oc2cc3c(cc2C)CCC3(C)C)o1. The van der Waals surface area contributed by atoms with Gasteiger partial charge in [0.2, 0.25) is 29.5 Å². The number of hydrogen-bond donors (Lipinski definition) is 1. The number of piperazine rings is 1. The Morgan fingerprint density at radius 1 is 1.09 bits per heavy atom. The number of furan rings is 1. The Kier molecular flexibility index (Phi) is 9.12. The molecule has 1 aliphatic carbocycles. The topological polar surface area (TPSA) is 105 Å². The zero-order valence-electron chi connectivity index (χ0n) is 26.5. The molecule has 5 rings (SSSR count). The maximum atomic E-state index is 13.0. The van der Waals surface area contributed by atoms with Crippen molar-refractivity contribution in [1.82, 2.24) is 19.8 Å². The number of fused-ring (bicyclic) bond motifs is 1. The van der Waals surface area contributed by atoms with Crippen LogP contribution in [0.4, 0.5) is 17.5 Å². The summed E-state index contributed by atoms with van der Waals surface area (Å²) in [5.41, 5.74) is 4.03. The maximum absolute atomic E-state index is 13.0. The molecule has 0 bridgehead atoms. The van der Waals surface area contributed by atoms with Crippen LogP contribution in [-0.4, -0.2) is 86.2 Å². The summed E-state index contributed by atoms with van der Waals surface area (Å²) in [7, 11) is 5.15. The van der Waals surface area contributed by atoms with Gasteiger partial charge >= 0.3 is 0 Å². The van der Waals surface area contributed by atoms with Crippen LogP contribution < -0.4 is 24.4 Å². The lowest BCUT2D eigenvalue weighted by Crippen LogP contribution is -2.44. The first-order valence-electron chi connectivity index (χ1n) is 15.0. The van der Waals surface area contributed by atoms with E-state index in [4.69, 9.17) is 18.6 Å². The average Bonchev–Trinajstić information content (AvgIpc) is 3.55. The lowest BCUT2D eigenvalue weighted by atomic mass is 9.86. The molecule has 3 heterocycles. The number of aromatic nitrogens is 2. The van der Waals surface area contributed by atoms with Crippen molar-refractivity contribution in [2.75, 3.05) is 70.8 Å². The summed E-state index contributed by atoms with van der Waals surface area (Å²) in [5.74, 6) is 1.61. The summed E-state index contributed by atoms with van der Waals surface area (Å²) in [6.07, 6.45) is 3.12. The fourth-order valence-electron chi connectivity index (χ4n) is 5.84. The number of aryl methyl sites for hydroxylation is 2. The highest BCUT2D eigenvalue weighted by Gasteiger charge is 2.32. The fourth-order valence-corrected chi connectivity index (χ4v) is 5.84. The van der Waals surface area contributed by atoms with Crippen molar-refractivity contribution in [1.29, 1.82) is 0 Å². The molecule has 11 nitrogen and oxygen atoms in total. The van der Waals surface area contributed by atoms with E-state index in [1.807, 2.05) is 6.92 Å². The van der Waals surface area contributed by atoms with Crippen LogP contribution in [0.15, 0.2) is 28.7 Å². The Morgan fingerprint density at radius 2 is 1.79 bits per heavy atom. The predicted molar refractivity (Wildman–Crippen MR) is 166 cm³/mol. The number of nitrogens with one attached hydrogen (secondary N) is 1. The van der Waals surface area contributed by atoms with Crippen LogP contribution in [-0.2, 0) is 16.6 Å². The van der Waals surface area contributed by atoms with Crippen LogP contribution in [0.5, 0.6) is 23.5 Å². The van der Waals surface area contributed by atoms with E-state index in [1.54, 1.807) is 12.1 Å². The summed E-state index contributed by atoms with van der Waals surface area (Å²) in [5, 5.41) is 3.27. The predicted octanol–water partition coefficient (Wildman–Crippen LogP) is 5.15. The van der Waals surface area contributed by atoms with E-state index in [0.29, 0.717) is 12.5 Å². The molecule has 3 aromatic rings. The van der Waals surface area contributed by atoms with Gasteiger partial charge in [0.25, 0.3) is 5.95 Å². The zero-order valence-corrected chi connectivity index (χ0v) is 26.5. The van der Waals surface area contributed by atoms with Crippen molar-refractivity contribution in [3.63, 3.8) is 0 Å². The molecule has 0 saturated carbocycles. The van der Waals surface area contributed by atoms with Gasteiger partial charge in [0.05, 0.1) is 14.2 Å². The van der Waals surface area contributed by atoms with Crippen molar-refractivity contribution >= 4 is 23.4 Å². The number of nitrogens with zero attached hydrogens (tertiary/aromatic N) is 5. The first-order valence-corrected chi connectivity index (χ1v) is 15.0. The highest BCUT2D eigenvalue weighted by Crippen LogP contribution is 2.44. The number of amides is 1. The lowest BCUT2D eigenvalue weighted by Gasteiger charge is -2.32. The molecule has 0 spiro atoms. The molecule has 2 aromatic heterocycles. The van der Waals surface area contributed by atoms with Crippen molar-refractivity contribution in [3.8, 4) is 23.5 Å². The molecule has 2 aliphatic rings. The first-order chi connectivity index (χ1) is 20.6. The van der Waals surface area contributed by atoms with Crippen LogP contribution in [0.3, 0.4) is 0 Å². The number of benzene rings is 1. The van der Waals surface area contributed by atoms with Crippen LogP contribution in [0.2, 0.25) is 0 Å². The second-order valence-corrected chi connectivity index (χ2v) is 12.0. The van der Waals surface area contributed by atoms with Crippen LogP contribution in [0.25, 0.3) is 0 Å². The van der Waals surface area contributed by atoms with Gasteiger partial charge in [-0.3, -0.25) is 4.79 Å². The Bertz CT molecular complexity index is 1420. The van der Waals surface area contributed by atoms with Crippen LogP contribution in [0, 0.1) is 6.92 Å². The van der Waals surface area contributed by atoms with Gasteiger partial charge in [-0.2, -0.15) is 9.97 Å². The highest BCUT2D eigenvalue weighted by molar-refractivity contribution is 6.00. The molecule has 11 heteroatoms. The lowest BCUT2D eigenvalue weighted by molar-refractivity contribution is -0.116. The molecule has 1 fully saturated rings. The van der Waals surface area contributed by atoms with Gasteiger partial charge in [0.15, 0.2) is 5.69 Å². The normalized spacial score (nSPS) is 16.5. The summed E-state index contributed by atoms with van der Waals surface area (Å²) < 4.78 is 23.5. The molecule has 0 unspecified atom stereocenters. The number of carbonyl (C=O) groups excluding carboxylic acids is 1. The second-order valence-electron chi connectivity index (χ2n) is 12.0. The zero-order chi connectivity index (χ0) is 30.7. The number of hydrogen-bond acceptors (Lipinski definition) is 10. The van der Waals surface area contributed by atoms with Gasteiger partial charge in [0.1, 0.15) is 5.75 Å². The minimum atomic E-state index is -0.329. The number of ether oxygens (including phenoxy) is 3. The molecule has 232 valence electrons. The highest BCUT2D eigenvalue weighted by atomic mass is 16.6. The first kappa shape index (κ1) is 30.6. The molecule has 1 amide bonds. The van der Waals surface area contributed by atoms with Crippen molar-refractivity contribution < 1.29 is 23.4 Å². The summed E-state index contributed by atoms with van der Waals surface area (Å²) in [4.78, 5) is 28.2. The summed E-state index contributed by atoms with van der Waals surface area (Å²) in [6.45, 7) is 14.0. The Hall–Kier alpha value is -3.83. The second kappa shape index (κ2) is 12.8. The van der Waals surface area contributed by atoms with Gasteiger partial charge in [0, 0.05) is 51.8 Å². The van der Waals surface area contributed by atoms with Crippen LogP contribution >= 0.6 is 0 Å². The molecule has 43 heavy (non-hydrogen) atoms. The van der Waals surface area contributed by atoms with Gasteiger partial charge in [-0.15, -0.1) is 0 Å². The molecule has 1 N–H and O–H groups in total. The summed E-state index contributed by atoms with van der Waals surface area (Å²) in [6, 6.07) is 7.67. The van der Waals surface area contributed by atoms with Gasteiger partial charge < -0.3 is 33.7 Å². The van der Waals surface area contributed by atoms with E-state index < -0.39 is 0 Å². The fraction of sp³-hybridized carbons (Fsp3) is 0.531. The van der Waals surface area contributed by atoms with Crippen molar-refractivity contribution in [2.24, 2.45) is 0 Å². The Balaban J connectivity index is 1.33. The monoisotopic (exact) mass is 592 g/mol. The average molecular weight is 593 g/mol. The molecule has 1 saturated heterocycles. The molecular weight excluding hydrogens is 548 g/mol. The Labute approximate surface area is 254 Å². The third-order valence-electron chi connectivity index (χ3n) is 8.42. The van der Waals surface area contributed by atoms with E-state index in [-0.39, 0.29) is 40.6 Å². The maximum Gasteiger partial charge on any atom is 0.291 e. The number of carbonyl (C=O) groups is 1. The van der Waals surface area contributed by atoms with Gasteiger partial charge in [-0.05, 0) is 68.0 Å². The van der Waals surface area contributed by atoms with E-state index in [0.717, 1.165) is 63.3 Å². The number of likely N-dealkylation sites (N-methyl/N-ethyl adjacent to an activating group) is 1. The van der Waals surface area contributed by atoms with E-state index in [2.05, 4.69) is 58.1 Å². The number of rotatable bonds is 11. The van der Waals surface area contributed by atoms with Gasteiger partial charge in [-0.25, -0.2) is 4.90 Å². The number of anilines is 3. The van der Waals surface area contributed by atoms with Gasteiger partial charge in [-0.1, -0.05) is 19.9 Å². The smallest absolute Gasteiger partial charge is 0.291 e. The van der Waals surface area contributed by atoms with E-state index >= 15 is 0 Å². The van der Waals surface area contributed by atoms with E-state index in [9.17, 15) is 4.79 Å². The molecular formula is C32H44N6O5. The summed E-state index contributed by atoms with van der Waals surface area (Å²) >= 11 is 0. The van der Waals surface area contributed by atoms with E-state index in [1.165, 1.54) is 37.2 Å². The molecule has 0 atom stereocenters. The molecule has 1 aliphatic heterocycles. The number of methoxy groups -OCH3 is 2. The minimum absolute atomic E-state index is 0.0969. The Morgan fingerprint density at radius 3 is 2.44 bits per heavy atom. The minimum Gasteiger partial charge on any atom is -0.479 e. The van der Waals surface area contributed by atoms with Crippen molar-refractivity contribution in [2.45, 2.75) is 52.4 Å². The van der Waals surface area contributed by atoms with Crippen LogP contribution in [0.1, 0.15) is 50.3 Å². The quantitative estimate of drug-likeness (QED) is 0.301. The molecule has 0 radical (unpaired) electrons. The third-order valence-corrected chi connectivity index (χ3v) is 8.42. The third kappa shape index (κ3) is 6.73. The largest absolute Gasteiger partial charge is 0.479 e. The standard InChI is InChI=1S/C32H44N6O5/c1-21-19-23-11-12-32(3,4)24(23)20-25(21)42-27-10-9-26(43-27)38(22(2)39)28-29(40-6)34-31(35-30(28)41-7)33-13-8-14-37-17-15-36(5)16-18-37/h9-10,19-20H,8,11-18H2,1-7H3,(H,33,34,35).